The van der Waals surface area contributed by atoms with Crippen LogP contribution in [0.1, 0.15) is 12.8 Å². The van der Waals surface area contributed by atoms with E-state index in [1.807, 2.05) is 0 Å². The number of urea groups is 1. The van der Waals surface area contributed by atoms with E-state index in [1.54, 1.807) is 0 Å². The third-order valence-electron chi connectivity index (χ3n) is 3.95. The number of benzene rings is 1. The minimum absolute atomic E-state index is 0.00992. The monoisotopic (exact) mass is 357 g/mol. The van der Waals surface area contributed by atoms with Gasteiger partial charge >= 0.3 is 6.03 Å². The molecule has 0 aliphatic carbocycles. The van der Waals surface area contributed by atoms with Crippen LogP contribution in [0, 0.1) is 11.7 Å². The molecule has 2 rings (SSSR count). The lowest BCUT2D eigenvalue weighted by atomic mass is 9.97. The Hall–Kier alpha value is -2.16. The van der Waals surface area contributed by atoms with Crippen molar-refractivity contribution in [3.05, 3.63) is 30.1 Å². The molecule has 3 amide bonds. The highest BCUT2D eigenvalue weighted by Crippen LogP contribution is 2.16. The molecule has 1 fully saturated rings. The Bertz CT molecular complexity index is 706. The van der Waals surface area contributed by atoms with E-state index in [4.69, 9.17) is 5.73 Å². The van der Waals surface area contributed by atoms with Crippen molar-refractivity contribution in [1.82, 2.24) is 10.2 Å². The molecule has 24 heavy (non-hydrogen) atoms. The molecule has 3 N–H and O–H groups in total. The minimum Gasteiger partial charge on any atom is -0.355 e. The van der Waals surface area contributed by atoms with E-state index in [-0.39, 0.29) is 35.6 Å². The summed E-state index contributed by atoms with van der Waals surface area (Å²) in [5, 5.41) is 2.58. The van der Waals surface area contributed by atoms with Gasteiger partial charge in [0.25, 0.3) is 0 Å². The summed E-state index contributed by atoms with van der Waals surface area (Å²) in [6.07, 6.45) is 1.30. The molecule has 7 nitrogen and oxygen atoms in total. The topological polar surface area (TPSA) is 110 Å². The predicted molar refractivity (Wildman–Crippen MR) is 85.3 cm³/mol. The fourth-order valence-corrected chi connectivity index (χ4v) is 3.76. The molecule has 132 valence electrons. The average molecular weight is 357 g/mol. The van der Waals surface area contributed by atoms with Gasteiger partial charge in [0.05, 0.1) is 16.6 Å². The van der Waals surface area contributed by atoms with Crippen molar-refractivity contribution in [1.29, 1.82) is 0 Å². The Morgan fingerprint density at radius 3 is 2.58 bits per heavy atom. The van der Waals surface area contributed by atoms with Crippen molar-refractivity contribution in [2.75, 3.05) is 25.4 Å². The number of halogens is 1. The zero-order valence-electron chi connectivity index (χ0n) is 13.1. The number of primary amides is 1. The van der Waals surface area contributed by atoms with Crippen LogP contribution in [0.25, 0.3) is 0 Å². The van der Waals surface area contributed by atoms with E-state index in [1.165, 1.54) is 17.0 Å². The van der Waals surface area contributed by atoms with Crippen molar-refractivity contribution in [2.45, 2.75) is 17.7 Å². The second-order valence-corrected chi connectivity index (χ2v) is 7.80. The molecule has 0 saturated carbocycles. The molecule has 1 aliphatic rings. The van der Waals surface area contributed by atoms with Crippen LogP contribution >= 0.6 is 0 Å². The molecule has 1 aliphatic heterocycles. The van der Waals surface area contributed by atoms with Crippen LogP contribution in [0.15, 0.2) is 29.2 Å². The summed E-state index contributed by atoms with van der Waals surface area (Å²) in [6, 6.07) is 3.97. The summed E-state index contributed by atoms with van der Waals surface area (Å²) in [5.74, 6) is -1.48. The van der Waals surface area contributed by atoms with Gasteiger partial charge in [0.2, 0.25) is 5.91 Å². The molecule has 1 aromatic carbocycles. The van der Waals surface area contributed by atoms with E-state index >= 15 is 0 Å². The quantitative estimate of drug-likeness (QED) is 0.748. The maximum absolute atomic E-state index is 12.8. The van der Waals surface area contributed by atoms with Crippen LogP contribution in [-0.2, 0) is 14.6 Å². The highest BCUT2D eigenvalue weighted by atomic mass is 32.2. The van der Waals surface area contributed by atoms with Crippen LogP contribution < -0.4 is 11.1 Å². The molecule has 1 atom stereocenters. The molecular weight excluding hydrogens is 337 g/mol. The van der Waals surface area contributed by atoms with Crippen LogP contribution in [0.5, 0.6) is 0 Å². The molecule has 1 saturated heterocycles. The predicted octanol–water partition coefficient (Wildman–Crippen LogP) is 0.506. The van der Waals surface area contributed by atoms with Crippen molar-refractivity contribution < 1.29 is 22.4 Å². The summed E-state index contributed by atoms with van der Waals surface area (Å²) < 4.78 is 37.0. The van der Waals surface area contributed by atoms with Gasteiger partial charge in [0.1, 0.15) is 5.82 Å². The van der Waals surface area contributed by atoms with Crippen LogP contribution in [0.4, 0.5) is 9.18 Å². The number of hydrogen-bond acceptors (Lipinski definition) is 4. The lowest BCUT2D eigenvalue weighted by Crippen LogP contribution is -2.47. The lowest BCUT2D eigenvalue weighted by molar-refractivity contribution is -0.126. The zero-order chi connectivity index (χ0) is 17.7. The number of rotatable bonds is 5. The highest BCUT2D eigenvalue weighted by Gasteiger charge is 2.27. The van der Waals surface area contributed by atoms with Gasteiger partial charge in [-0.15, -0.1) is 0 Å². The third-order valence-corrected chi connectivity index (χ3v) is 5.68. The Kier molecular flexibility index (Phi) is 5.76. The summed E-state index contributed by atoms with van der Waals surface area (Å²) in [7, 11) is -3.59. The first-order valence-electron chi connectivity index (χ1n) is 7.60. The van der Waals surface area contributed by atoms with E-state index in [9.17, 15) is 22.4 Å². The molecule has 0 bridgehead atoms. The Morgan fingerprint density at radius 2 is 1.96 bits per heavy atom. The summed E-state index contributed by atoms with van der Waals surface area (Å²) in [6.45, 7) is 0.718. The average Bonchev–Trinajstić information content (AvgIpc) is 2.55. The summed E-state index contributed by atoms with van der Waals surface area (Å²) in [5.41, 5.74) is 5.21. The summed E-state index contributed by atoms with van der Waals surface area (Å²) >= 11 is 0. The van der Waals surface area contributed by atoms with E-state index < -0.39 is 21.7 Å². The van der Waals surface area contributed by atoms with E-state index in [2.05, 4.69) is 5.32 Å². The van der Waals surface area contributed by atoms with Crippen LogP contribution in [-0.4, -0.2) is 50.6 Å². The number of nitrogens with one attached hydrogen (secondary N) is 1. The van der Waals surface area contributed by atoms with Gasteiger partial charge in [-0.05, 0) is 37.1 Å². The smallest absolute Gasteiger partial charge is 0.314 e. The third kappa shape index (κ3) is 4.67. The van der Waals surface area contributed by atoms with Crippen LogP contribution in [0.3, 0.4) is 0 Å². The highest BCUT2D eigenvalue weighted by molar-refractivity contribution is 7.91. The summed E-state index contributed by atoms with van der Waals surface area (Å²) in [4.78, 5) is 24.7. The van der Waals surface area contributed by atoms with Crippen LogP contribution in [0.2, 0.25) is 0 Å². The second-order valence-electron chi connectivity index (χ2n) is 5.69. The van der Waals surface area contributed by atoms with Gasteiger partial charge < -0.3 is 16.0 Å². The Morgan fingerprint density at radius 1 is 1.29 bits per heavy atom. The maximum atomic E-state index is 12.8. The fraction of sp³-hybridized carbons (Fsp3) is 0.467. The first-order chi connectivity index (χ1) is 11.3. The first kappa shape index (κ1) is 18.2. The van der Waals surface area contributed by atoms with Gasteiger partial charge in [0, 0.05) is 19.6 Å². The van der Waals surface area contributed by atoms with Crippen molar-refractivity contribution in [3.63, 3.8) is 0 Å². The molecule has 0 aromatic heterocycles. The van der Waals surface area contributed by atoms with Crippen molar-refractivity contribution in [3.8, 4) is 0 Å². The van der Waals surface area contributed by atoms with Gasteiger partial charge in [-0.2, -0.15) is 0 Å². The zero-order valence-corrected chi connectivity index (χ0v) is 13.9. The Balaban J connectivity index is 1.85. The standard InChI is InChI=1S/C15H20FN3O4S/c16-12-3-5-13(6-4-12)24(22,23)9-7-18-14(20)11-2-1-8-19(10-11)15(17)21/h3-6,11H,1-2,7-10H2,(H2,17,21)(H,18,20)/t11-/m1/s1. The molecule has 0 spiro atoms. The van der Waals surface area contributed by atoms with Gasteiger partial charge in [-0.1, -0.05) is 0 Å². The lowest BCUT2D eigenvalue weighted by Gasteiger charge is -2.30. The number of hydrogen-bond donors (Lipinski definition) is 2. The molecule has 0 unspecified atom stereocenters. The van der Waals surface area contributed by atoms with Gasteiger partial charge in [-0.25, -0.2) is 17.6 Å². The SMILES string of the molecule is NC(=O)N1CCC[C@@H](C(=O)NCCS(=O)(=O)c2ccc(F)cc2)C1. The number of nitrogens with zero attached hydrogens (tertiary/aromatic N) is 1. The van der Waals surface area contributed by atoms with E-state index in [0.717, 1.165) is 12.1 Å². The molecule has 9 heteroatoms. The number of sulfone groups is 1. The molecule has 1 heterocycles. The second kappa shape index (κ2) is 7.61. The molecular formula is C15H20FN3O4S. The first-order valence-corrected chi connectivity index (χ1v) is 9.25. The molecule has 0 radical (unpaired) electrons. The number of nitrogens with two attached hydrogens (primary N) is 1. The maximum Gasteiger partial charge on any atom is 0.314 e. The minimum atomic E-state index is -3.59. The number of likely N-dealkylation sites (tertiary alicyclic amines) is 1. The fourth-order valence-electron chi connectivity index (χ4n) is 2.60. The number of carbonyl (C=O) groups is 2. The van der Waals surface area contributed by atoms with Gasteiger partial charge in [-0.3, -0.25) is 4.79 Å². The molecule has 1 aromatic rings. The number of carbonyl (C=O) groups excluding carboxylic acids is 2. The normalized spacial score (nSPS) is 18.2. The Labute approximate surface area is 139 Å². The van der Waals surface area contributed by atoms with E-state index in [0.29, 0.717) is 19.4 Å². The largest absolute Gasteiger partial charge is 0.355 e. The number of amides is 3. The number of piperidine rings is 1. The van der Waals surface area contributed by atoms with Crippen molar-refractivity contribution >= 4 is 21.8 Å². The van der Waals surface area contributed by atoms with Gasteiger partial charge in [0.15, 0.2) is 9.84 Å². The van der Waals surface area contributed by atoms with Crippen molar-refractivity contribution in [2.24, 2.45) is 11.7 Å².